The SMILES string of the molecule is Cc1cccc(C(NS(=O)(=O)c2ccccc2[N+](=O)[O-])c2cc(C)ccc2-c2ccccc2)c1. The van der Waals surface area contributed by atoms with Crippen molar-refractivity contribution >= 4 is 15.7 Å². The summed E-state index contributed by atoms with van der Waals surface area (Å²) in [5.74, 6) is 0. The van der Waals surface area contributed by atoms with E-state index < -0.39 is 26.7 Å². The minimum Gasteiger partial charge on any atom is -0.258 e. The minimum atomic E-state index is -4.25. The Morgan fingerprint density at radius 2 is 1.47 bits per heavy atom. The third-order valence-corrected chi connectivity index (χ3v) is 7.07. The van der Waals surface area contributed by atoms with Gasteiger partial charge in [-0.3, -0.25) is 10.1 Å². The van der Waals surface area contributed by atoms with E-state index in [9.17, 15) is 18.5 Å². The fourth-order valence-electron chi connectivity index (χ4n) is 4.02. The number of para-hydroxylation sites is 1. The molecular formula is C27H24N2O4S. The third kappa shape index (κ3) is 4.90. The molecule has 0 radical (unpaired) electrons. The van der Waals surface area contributed by atoms with E-state index in [0.29, 0.717) is 0 Å². The average molecular weight is 473 g/mol. The molecule has 0 aliphatic carbocycles. The summed E-state index contributed by atoms with van der Waals surface area (Å²) in [7, 11) is -4.25. The maximum atomic E-state index is 13.5. The van der Waals surface area contributed by atoms with Gasteiger partial charge in [0.2, 0.25) is 10.0 Å². The number of nitro groups is 1. The highest BCUT2D eigenvalue weighted by atomic mass is 32.2. The summed E-state index contributed by atoms with van der Waals surface area (Å²) in [5, 5.41) is 11.5. The predicted octanol–water partition coefficient (Wildman–Crippen LogP) is 5.95. The fourth-order valence-corrected chi connectivity index (χ4v) is 5.39. The smallest absolute Gasteiger partial charge is 0.258 e. The van der Waals surface area contributed by atoms with Gasteiger partial charge in [-0.1, -0.05) is 96.1 Å². The molecule has 0 fully saturated rings. The molecule has 0 bridgehead atoms. The normalized spacial score (nSPS) is 12.3. The summed E-state index contributed by atoms with van der Waals surface area (Å²) >= 11 is 0. The molecule has 0 spiro atoms. The van der Waals surface area contributed by atoms with Gasteiger partial charge in [0.1, 0.15) is 0 Å². The van der Waals surface area contributed by atoms with Crippen LogP contribution in [0.1, 0.15) is 28.3 Å². The zero-order chi connectivity index (χ0) is 24.3. The Balaban J connectivity index is 1.92. The number of benzene rings is 4. The van der Waals surface area contributed by atoms with Crippen molar-refractivity contribution in [1.29, 1.82) is 0 Å². The van der Waals surface area contributed by atoms with Crippen LogP contribution in [0.4, 0.5) is 5.69 Å². The van der Waals surface area contributed by atoms with Gasteiger partial charge in [-0.05, 0) is 42.2 Å². The molecule has 1 N–H and O–H groups in total. The van der Waals surface area contributed by atoms with E-state index in [0.717, 1.165) is 33.4 Å². The van der Waals surface area contributed by atoms with Gasteiger partial charge in [-0.25, -0.2) is 8.42 Å². The predicted molar refractivity (Wildman–Crippen MR) is 133 cm³/mol. The van der Waals surface area contributed by atoms with Gasteiger partial charge in [0, 0.05) is 6.07 Å². The summed E-state index contributed by atoms with van der Waals surface area (Å²) < 4.78 is 29.8. The van der Waals surface area contributed by atoms with Crippen molar-refractivity contribution < 1.29 is 13.3 Å². The van der Waals surface area contributed by atoms with Gasteiger partial charge in [-0.2, -0.15) is 4.72 Å². The molecule has 1 unspecified atom stereocenters. The van der Waals surface area contributed by atoms with E-state index in [1.165, 1.54) is 24.3 Å². The fraction of sp³-hybridized carbons (Fsp3) is 0.111. The van der Waals surface area contributed by atoms with Crippen molar-refractivity contribution in [2.45, 2.75) is 24.8 Å². The van der Waals surface area contributed by atoms with Crippen LogP contribution in [0.2, 0.25) is 0 Å². The van der Waals surface area contributed by atoms with Crippen LogP contribution in [0.3, 0.4) is 0 Å². The molecule has 0 heterocycles. The van der Waals surface area contributed by atoms with Crippen LogP contribution in [0, 0.1) is 24.0 Å². The second-order valence-electron chi connectivity index (χ2n) is 8.15. The van der Waals surface area contributed by atoms with Gasteiger partial charge in [0.05, 0.1) is 11.0 Å². The Morgan fingerprint density at radius 1 is 0.794 bits per heavy atom. The van der Waals surface area contributed by atoms with Crippen molar-refractivity contribution in [1.82, 2.24) is 4.72 Å². The first kappa shape index (κ1) is 23.4. The Hall–Kier alpha value is -3.81. The first-order valence-electron chi connectivity index (χ1n) is 10.7. The van der Waals surface area contributed by atoms with Gasteiger partial charge in [-0.15, -0.1) is 0 Å². The molecule has 0 amide bonds. The number of nitrogens with zero attached hydrogens (tertiary/aromatic N) is 1. The maximum Gasteiger partial charge on any atom is 0.289 e. The van der Waals surface area contributed by atoms with E-state index >= 15 is 0 Å². The summed E-state index contributed by atoms with van der Waals surface area (Å²) in [4.78, 5) is 10.5. The topological polar surface area (TPSA) is 89.3 Å². The molecule has 4 aromatic carbocycles. The molecule has 6 nitrogen and oxygen atoms in total. The van der Waals surface area contributed by atoms with E-state index in [1.807, 2.05) is 86.6 Å². The van der Waals surface area contributed by atoms with Crippen LogP contribution in [0.15, 0.2) is 102 Å². The molecule has 7 heteroatoms. The standard InChI is InChI=1S/C27H24N2O4S/c1-19-9-8-12-22(17-19)27(28-34(32,33)26-14-7-6-13-25(26)29(30)31)24-18-20(2)15-16-23(24)21-10-4-3-5-11-21/h3-18,27-28H,1-2H3. The molecule has 0 aromatic heterocycles. The van der Waals surface area contributed by atoms with Crippen molar-refractivity contribution in [3.8, 4) is 11.1 Å². The van der Waals surface area contributed by atoms with E-state index in [1.54, 1.807) is 0 Å². The van der Waals surface area contributed by atoms with E-state index in [2.05, 4.69) is 4.72 Å². The van der Waals surface area contributed by atoms with E-state index in [-0.39, 0.29) is 4.90 Å². The van der Waals surface area contributed by atoms with Crippen molar-refractivity contribution in [3.63, 3.8) is 0 Å². The lowest BCUT2D eigenvalue weighted by atomic mass is 9.90. The Morgan fingerprint density at radius 3 is 2.18 bits per heavy atom. The quantitative estimate of drug-likeness (QED) is 0.266. The first-order valence-corrected chi connectivity index (χ1v) is 12.2. The molecule has 0 aliphatic heterocycles. The van der Waals surface area contributed by atoms with Gasteiger partial charge < -0.3 is 0 Å². The Bertz CT molecular complexity index is 1450. The highest BCUT2D eigenvalue weighted by molar-refractivity contribution is 7.89. The van der Waals surface area contributed by atoms with Crippen molar-refractivity contribution in [3.05, 3.63) is 129 Å². The monoisotopic (exact) mass is 472 g/mol. The highest BCUT2D eigenvalue weighted by Crippen LogP contribution is 2.35. The number of nitro benzene ring substituents is 1. The van der Waals surface area contributed by atoms with E-state index in [4.69, 9.17) is 0 Å². The van der Waals surface area contributed by atoms with Crippen LogP contribution >= 0.6 is 0 Å². The Labute approximate surface area is 199 Å². The second kappa shape index (κ2) is 9.59. The van der Waals surface area contributed by atoms with Crippen LogP contribution in [0.5, 0.6) is 0 Å². The number of nitrogens with one attached hydrogen (secondary N) is 1. The largest absolute Gasteiger partial charge is 0.289 e. The molecule has 0 saturated carbocycles. The maximum absolute atomic E-state index is 13.5. The second-order valence-corrected chi connectivity index (χ2v) is 9.83. The van der Waals surface area contributed by atoms with Crippen molar-refractivity contribution in [2.75, 3.05) is 0 Å². The lowest BCUT2D eigenvalue weighted by Crippen LogP contribution is -2.30. The van der Waals surface area contributed by atoms with Crippen molar-refractivity contribution in [2.24, 2.45) is 0 Å². The van der Waals surface area contributed by atoms with Crippen LogP contribution in [0.25, 0.3) is 11.1 Å². The summed E-state index contributed by atoms with van der Waals surface area (Å²) in [5.41, 5.74) is 4.80. The lowest BCUT2D eigenvalue weighted by Gasteiger charge is -2.24. The van der Waals surface area contributed by atoms with Gasteiger partial charge in [0.25, 0.3) is 5.69 Å². The molecule has 4 aromatic rings. The molecule has 172 valence electrons. The molecule has 4 rings (SSSR count). The lowest BCUT2D eigenvalue weighted by molar-refractivity contribution is -0.387. The van der Waals surface area contributed by atoms with Gasteiger partial charge in [0.15, 0.2) is 4.90 Å². The third-order valence-electron chi connectivity index (χ3n) is 5.60. The zero-order valence-corrected chi connectivity index (χ0v) is 19.6. The molecule has 0 aliphatic rings. The molecular weight excluding hydrogens is 448 g/mol. The molecule has 0 saturated heterocycles. The van der Waals surface area contributed by atoms with Crippen LogP contribution < -0.4 is 4.72 Å². The Kier molecular flexibility index (Phi) is 6.58. The van der Waals surface area contributed by atoms with Crippen LogP contribution in [-0.2, 0) is 10.0 Å². The number of hydrogen-bond donors (Lipinski definition) is 1. The number of sulfonamides is 1. The molecule has 1 atom stereocenters. The summed E-state index contributed by atoms with van der Waals surface area (Å²) in [6, 6.07) is 27.8. The number of rotatable bonds is 7. The summed E-state index contributed by atoms with van der Waals surface area (Å²) in [6.45, 7) is 3.88. The zero-order valence-electron chi connectivity index (χ0n) is 18.8. The first-order chi connectivity index (χ1) is 16.3. The van der Waals surface area contributed by atoms with Gasteiger partial charge >= 0.3 is 0 Å². The number of aryl methyl sites for hydroxylation is 2. The number of hydrogen-bond acceptors (Lipinski definition) is 4. The highest BCUT2D eigenvalue weighted by Gasteiger charge is 2.30. The minimum absolute atomic E-state index is 0.369. The average Bonchev–Trinajstić information content (AvgIpc) is 2.83. The van der Waals surface area contributed by atoms with Crippen LogP contribution in [-0.4, -0.2) is 13.3 Å². The molecule has 34 heavy (non-hydrogen) atoms. The summed E-state index contributed by atoms with van der Waals surface area (Å²) in [6.07, 6.45) is 0.